The van der Waals surface area contributed by atoms with Gasteiger partial charge in [-0.3, -0.25) is 4.79 Å². The SMILES string of the molecule is CC1CCCCC1CNc1ncccc1C(N)=O. The average molecular weight is 247 g/mol. The Labute approximate surface area is 108 Å². The number of aromatic nitrogens is 1. The van der Waals surface area contributed by atoms with Gasteiger partial charge in [-0.05, 0) is 30.4 Å². The number of hydrogen-bond donors (Lipinski definition) is 2. The molecule has 1 fully saturated rings. The van der Waals surface area contributed by atoms with Crippen molar-refractivity contribution in [2.45, 2.75) is 32.6 Å². The maximum Gasteiger partial charge on any atom is 0.252 e. The molecule has 0 radical (unpaired) electrons. The van der Waals surface area contributed by atoms with Crippen LogP contribution in [0.2, 0.25) is 0 Å². The number of nitrogens with two attached hydrogens (primary N) is 1. The van der Waals surface area contributed by atoms with E-state index in [1.165, 1.54) is 25.7 Å². The molecule has 1 aromatic rings. The highest BCUT2D eigenvalue weighted by Crippen LogP contribution is 2.29. The Hall–Kier alpha value is -1.58. The number of nitrogens with one attached hydrogen (secondary N) is 1. The first kappa shape index (κ1) is 12.9. The molecule has 4 heteroatoms. The van der Waals surface area contributed by atoms with E-state index >= 15 is 0 Å². The number of carbonyl (C=O) groups is 1. The van der Waals surface area contributed by atoms with Crippen LogP contribution in [0.3, 0.4) is 0 Å². The van der Waals surface area contributed by atoms with Gasteiger partial charge in [-0.1, -0.05) is 26.2 Å². The van der Waals surface area contributed by atoms with Crippen molar-refractivity contribution >= 4 is 11.7 Å². The van der Waals surface area contributed by atoms with E-state index in [0.717, 1.165) is 12.5 Å². The lowest BCUT2D eigenvalue weighted by atomic mass is 9.80. The number of pyridine rings is 1. The van der Waals surface area contributed by atoms with Crippen LogP contribution in [0.5, 0.6) is 0 Å². The Morgan fingerprint density at radius 3 is 3.00 bits per heavy atom. The summed E-state index contributed by atoms with van der Waals surface area (Å²) >= 11 is 0. The summed E-state index contributed by atoms with van der Waals surface area (Å²) in [6.45, 7) is 3.18. The van der Waals surface area contributed by atoms with Crippen molar-refractivity contribution in [2.24, 2.45) is 17.6 Å². The third-order valence-electron chi connectivity index (χ3n) is 3.89. The van der Waals surface area contributed by atoms with E-state index in [9.17, 15) is 4.79 Å². The lowest BCUT2D eigenvalue weighted by Gasteiger charge is -2.29. The molecule has 2 rings (SSSR count). The molecule has 0 spiro atoms. The summed E-state index contributed by atoms with van der Waals surface area (Å²) in [6, 6.07) is 3.44. The van der Waals surface area contributed by atoms with E-state index in [1.54, 1.807) is 18.3 Å². The topological polar surface area (TPSA) is 68.0 Å². The zero-order chi connectivity index (χ0) is 13.0. The Morgan fingerprint density at radius 2 is 2.28 bits per heavy atom. The first-order chi connectivity index (χ1) is 8.68. The molecule has 3 N–H and O–H groups in total. The van der Waals surface area contributed by atoms with E-state index < -0.39 is 5.91 Å². The number of nitrogens with zero attached hydrogens (tertiary/aromatic N) is 1. The smallest absolute Gasteiger partial charge is 0.252 e. The highest BCUT2D eigenvalue weighted by atomic mass is 16.1. The molecule has 2 atom stereocenters. The third kappa shape index (κ3) is 3.00. The fourth-order valence-electron chi connectivity index (χ4n) is 2.67. The number of rotatable bonds is 4. The second kappa shape index (κ2) is 5.85. The predicted molar refractivity (Wildman–Crippen MR) is 72.4 cm³/mol. The number of amides is 1. The average Bonchev–Trinajstić information content (AvgIpc) is 2.38. The Morgan fingerprint density at radius 1 is 1.50 bits per heavy atom. The molecule has 1 aromatic heterocycles. The van der Waals surface area contributed by atoms with E-state index in [0.29, 0.717) is 17.3 Å². The van der Waals surface area contributed by atoms with Crippen LogP contribution in [0.25, 0.3) is 0 Å². The summed E-state index contributed by atoms with van der Waals surface area (Å²) in [4.78, 5) is 15.5. The van der Waals surface area contributed by atoms with Crippen LogP contribution in [0.1, 0.15) is 43.0 Å². The van der Waals surface area contributed by atoms with Gasteiger partial charge < -0.3 is 11.1 Å². The Bertz CT molecular complexity index is 419. The summed E-state index contributed by atoms with van der Waals surface area (Å²) < 4.78 is 0. The summed E-state index contributed by atoms with van der Waals surface area (Å²) in [5.41, 5.74) is 5.80. The maximum atomic E-state index is 11.3. The molecule has 1 heterocycles. The molecule has 1 amide bonds. The van der Waals surface area contributed by atoms with Gasteiger partial charge in [0.15, 0.2) is 0 Å². The second-order valence-electron chi connectivity index (χ2n) is 5.17. The minimum atomic E-state index is -0.428. The van der Waals surface area contributed by atoms with Crippen LogP contribution in [0.4, 0.5) is 5.82 Å². The first-order valence-electron chi connectivity index (χ1n) is 6.67. The van der Waals surface area contributed by atoms with Gasteiger partial charge in [-0.2, -0.15) is 0 Å². The second-order valence-corrected chi connectivity index (χ2v) is 5.17. The van der Waals surface area contributed by atoms with E-state index in [4.69, 9.17) is 5.73 Å². The van der Waals surface area contributed by atoms with Crippen LogP contribution in [0.15, 0.2) is 18.3 Å². The number of carbonyl (C=O) groups excluding carboxylic acids is 1. The van der Waals surface area contributed by atoms with Crippen LogP contribution in [-0.2, 0) is 0 Å². The molecule has 1 aliphatic carbocycles. The van der Waals surface area contributed by atoms with Gasteiger partial charge in [0.05, 0.1) is 5.56 Å². The molecule has 4 nitrogen and oxygen atoms in total. The summed E-state index contributed by atoms with van der Waals surface area (Å²) in [5, 5.41) is 3.28. The quantitative estimate of drug-likeness (QED) is 0.858. The molecule has 0 bridgehead atoms. The summed E-state index contributed by atoms with van der Waals surface area (Å²) in [6.07, 6.45) is 6.89. The fourth-order valence-corrected chi connectivity index (χ4v) is 2.67. The van der Waals surface area contributed by atoms with Crippen LogP contribution >= 0.6 is 0 Å². The van der Waals surface area contributed by atoms with Gasteiger partial charge in [0.2, 0.25) is 0 Å². The van der Waals surface area contributed by atoms with E-state index in [1.807, 2.05) is 0 Å². The van der Waals surface area contributed by atoms with Crippen molar-refractivity contribution in [3.8, 4) is 0 Å². The molecule has 1 saturated carbocycles. The molecule has 2 unspecified atom stereocenters. The number of primary amides is 1. The largest absolute Gasteiger partial charge is 0.369 e. The standard InChI is InChI=1S/C14H21N3O/c1-10-5-2-3-6-11(10)9-17-14-12(13(15)18)7-4-8-16-14/h4,7-8,10-11H,2-3,5-6,9H2,1H3,(H2,15,18)(H,16,17). The lowest BCUT2D eigenvalue weighted by Crippen LogP contribution is -2.25. The predicted octanol–water partition coefficient (Wildman–Crippen LogP) is 2.42. The van der Waals surface area contributed by atoms with Gasteiger partial charge in [0.25, 0.3) is 5.91 Å². The van der Waals surface area contributed by atoms with Crippen molar-refractivity contribution < 1.29 is 4.79 Å². The highest BCUT2D eigenvalue weighted by molar-refractivity contribution is 5.97. The monoisotopic (exact) mass is 247 g/mol. The van der Waals surface area contributed by atoms with Gasteiger partial charge in [-0.15, -0.1) is 0 Å². The van der Waals surface area contributed by atoms with Crippen LogP contribution in [0, 0.1) is 11.8 Å². The van der Waals surface area contributed by atoms with Crippen molar-refractivity contribution in [3.05, 3.63) is 23.9 Å². The third-order valence-corrected chi connectivity index (χ3v) is 3.89. The highest BCUT2D eigenvalue weighted by Gasteiger charge is 2.21. The Balaban J connectivity index is 1.99. The van der Waals surface area contributed by atoms with Crippen LogP contribution in [-0.4, -0.2) is 17.4 Å². The summed E-state index contributed by atoms with van der Waals surface area (Å²) in [5.74, 6) is 1.60. The van der Waals surface area contributed by atoms with Crippen molar-refractivity contribution in [1.29, 1.82) is 0 Å². The molecular formula is C14H21N3O. The minimum Gasteiger partial charge on any atom is -0.369 e. The van der Waals surface area contributed by atoms with Crippen LogP contribution < -0.4 is 11.1 Å². The summed E-state index contributed by atoms with van der Waals surface area (Å²) in [7, 11) is 0. The number of hydrogen-bond acceptors (Lipinski definition) is 3. The van der Waals surface area contributed by atoms with Crippen molar-refractivity contribution in [2.75, 3.05) is 11.9 Å². The van der Waals surface area contributed by atoms with Gasteiger partial charge >= 0.3 is 0 Å². The molecule has 0 saturated heterocycles. The minimum absolute atomic E-state index is 0.428. The zero-order valence-electron chi connectivity index (χ0n) is 10.9. The molecule has 0 aliphatic heterocycles. The van der Waals surface area contributed by atoms with E-state index in [2.05, 4.69) is 17.2 Å². The zero-order valence-corrected chi connectivity index (χ0v) is 10.9. The first-order valence-corrected chi connectivity index (χ1v) is 6.67. The van der Waals surface area contributed by atoms with E-state index in [-0.39, 0.29) is 0 Å². The maximum absolute atomic E-state index is 11.3. The normalized spacial score (nSPS) is 23.6. The Kier molecular flexibility index (Phi) is 4.18. The number of anilines is 1. The van der Waals surface area contributed by atoms with Gasteiger partial charge in [0.1, 0.15) is 5.82 Å². The van der Waals surface area contributed by atoms with Gasteiger partial charge in [-0.25, -0.2) is 4.98 Å². The molecule has 0 aromatic carbocycles. The van der Waals surface area contributed by atoms with Gasteiger partial charge in [0, 0.05) is 12.7 Å². The van der Waals surface area contributed by atoms with Crippen molar-refractivity contribution in [1.82, 2.24) is 4.98 Å². The molecule has 1 aliphatic rings. The van der Waals surface area contributed by atoms with Crippen molar-refractivity contribution in [3.63, 3.8) is 0 Å². The molecular weight excluding hydrogens is 226 g/mol. The molecule has 18 heavy (non-hydrogen) atoms. The fraction of sp³-hybridized carbons (Fsp3) is 0.571. The molecule has 98 valence electrons. The lowest BCUT2D eigenvalue weighted by molar-refractivity contribution is 0.100.